The Morgan fingerprint density at radius 3 is 2.39 bits per heavy atom. The average Bonchev–Trinajstić information content (AvgIpc) is 3.21. The molecule has 168 valence electrons. The maximum absolute atomic E-state index is 13.1. The van der Waals surface area contributed by atoms with Crippen LogP contribution in [0.15, 0.2) is 60.8 Å². The highest BCUT2D eigenvalue weighted by atomic mass is 19.1. The van der Waals surface area contributed by atoms with Crippen LogP contribution in [-0.4, -0.2) is 44.0 Å². The van der Waals surface area contributed by atoms with E-state index in [0.29, 0.717) is 41.9 Å². The molecule has 33 heavy (non-hydrogen) atoms. The zero-order chi connectivity index (χ0) is 23.2. The summed E-state index contributed by atoms with van der Waals surface area (Å²) in [6, 6.07) is 15.1. The third-order valence-corrected chi connectivity index (χ3v) is 4.80. The van der Waals surface area contributed by atoms with Gasteiger partial charge in [0.2, 0.25) is 0 Å². The van der Waals surface area contributed by atoms with Crippen LogP contribution < -0.4 is 16.0 Å². The molecule has 0 aliphatic carbocycles. The summed E-state index contributed by atoms with van der Waals surface area (Å²) in [4.78, 5) is 16.8. The van der Waals surface area contributed by atoms with Gasteiger partial charge in [0.1, 0.15) is 23.1 Å². The molecule has 9 nitrogen and oxygen atoms in total. The first-order valence-electron chi connectivity index (χ1n) is 10.3. The number of aromatic nitrogens is 5. The van der Waals surface area contributed by atoms with Gasteiger partial charge in [0.15, 0.2) is 5.82 Å². The van der Waals surface area contributed by atoms with Crippen LogP contribution in [0, 0.1) is 12.7 Å². The molecule has 0 spiro atoms. The highest BCUT2D eigenvalue weighted by Crippen LogP contribution is 2.19. The fourth-order valence-electron chi connectivity index (χ4n) is 3.06. The average molecular weight is 446 g/mol. The molecular weight excluding hydrogens is 423 g/mol. The van der Waals surface area contributed by atoms with E-state index in [4.69, 9.17) is 0 Å². The summed E-state index contributed by atoms with van der Waals surface area (Å²) in [6.45, 7) is 2.82. The molecule has 3 N–H and O–H groups in total. The van der Waals surface area contributed by atoms with E-state index in [1.807, 2.05) is 19.1 Å². The van der Waals surface area contributed by atoms with Gasteiger partial charge in [0, 0.05) is 31.9 Å². The van der Waals surface area contributed by atoms with Gasteiger partial charge in [-0.3, -0.25) is 9.48 Å². The summed E-state index contributed by atoms with van der Waals surface area (Å²) in [7, 11) is 1.69. The summed E-state index contributed by atoms with van der Waals surface area (Å²) >= 11 is 0. The minimum atomic E-state index is -0.320. The summed E-state index contributed by atoms with van der Waals surface area (Å²) in [6.07, 6.45) is 1.77. The predicted octanol–water partition coefficient (Wildman–Crippen LogP) is 3.31. The van der Waals surface area contributed by atoms with Crippen LogP contribution in [0.2, 0.25) is 0 Å². The summed E-state index contributed by atoms with van der Waals surface area (Å²) < 4.78 is 14.6. The maximum Gasteiger partial charge on any atom is 0.269 e. The Morgan fingerprint density at radius 2 is 1.70 bits per heavy atom. The van der Waals surface area contributed by atoms with Crippen molar-refractivity contribution in [1.82, 2.24) is 30.3 Å². The van der Waals surface area contributed by atoms with E-state index in [1.165, 1.54) is 16.8 Å². The number of hydrogen-bond acceptors (Lipinski definition) is 7. The number of nitrogens with zero attached hydrogens (tertiary/aromatic N) is 5. The van der Waals surface area contributed by atoms with Crippen LogP contribution >= 0.6 is 0 Å². The lowest BCUT2D eigenvalue weighted by Crippen LogP contribution is -2.30. The van der Waals surface area contributed by atoms with Gasteiger partial charge in [-0.2, -0.15) is 5.10 Å². The molecule has 4 rings (SSSR count). The van der Waals surface area contributed by atoms with Crippen LogP contribution in [0.5, 0.6) is 0 Å². The van der Waals surface area contributed by atoms with Gasteiger partial charge in [-0.05, 0) is 61.0 Å². The normalized spacial score (nSPS) is 10.6. The lowest BCUT2D eigenvalue weighted by atomic mass is 10.1. The molecular formula is C23H23FN8O. The van der Waals surface area contributed by atoms with E-state index in [1.54, 1.807) is 43.6 Å². The number of nitrogens with one attached hydrogen (secondary N) is 3. The van der Waals surface area contributed by atoms with Crippen LogP contribution in [0.1, 0.15) is 16.1 Å². The maximum atomic E-state index is 13.1. The summed E-state index contributed by atoms with van der Waals surface area (Å²) in [5.41, 5.74) is 2.83. The van der Waals surface area contributed by atoms with Crippen molar-refractivity contribution >= 4 is 23.4 Å². The van der Waals surface area contributed by atoms with Gasteiger partial charge in [-0.1, -0.05) is 6.07 Å². The molecule has 4 aromatic rings. The quantitative estimate of drug-likeness (QED) is 0.356. The molecule has 3 aromatic heterocycles. The van der Waals surface area contributed by atoms with Gasteiger partial charge < -0.3 is 16.0 Å². The van der Waals surface area contributed by atoms with Gasteiger partial charge in [-0.25, -0.2) is 9.37 Å². The molecule has 1 amide bonds. The minimum absolute atomic E-state index is 0.253. The third-order valence-electron chi connectivity index (χ3n) is 4.80. The first-order valence-corrected chi connectivity index (χ1v) is 10.3. The van der Waals surface area contributed by atoms with Gasteiger partial charge in [-0.15, -0.1) is 10.2 Å². The molecule has 0 saturated heterocycles. The van der Waals surface area contributed by atoms with E-state index in [9.17, 15) is 9.18 Å². The Bertz CT molecular complexity index is 1220. The highest BCUT2D eigenvalue weighted by Gasteiger charge is 2.14. The van der Waals surface area contributed by atoms with Crippen LogP contribution in [0.4, 0.5) is 21.8 Å². The van der Waals surface area contributed by atoms with Crippen molar-refractivity contribution < 1.29 is 9.18 Å². The predicted molar refractivity (Wildman–Crippen MR) is 124 cm³/mol. The number of aryl methyl sites for hydroxylation is 2. The van der Waals surface area contributed by atoms with Crippen molar-refractivity contribution in [1.29, 1.82) is 0 Å². The van der Waals surface area contributed by atoms with E-state index in [-0.39, 0.29) is 11.7 Å². The molecule has 0 saturated carbocycles. The molecule has 0 aliphatic rings. The second kappa shape index (κ2) is 9.86. The number of amides is 1. The Kier molecular flexibility index (Phi) is 6.53. The molecule has 0 bridgehead atoms. The summed E-state index contributed by atoms with van der Waals surface area (Å²) in [5.74, 6) is 1.29. The first-order chi connectivity index (χ1) is 16.0. The van der Waals surface area contributed by atoms with Crippen molar-refractivity contribution in [2.24, 2.45) is 7.05 Å². The monoisotopic (exact) mass is 446 g/mol. The van der Waals surface area contributed by atoms with Crippen molar-refractivity contribution in [3.05, 3.63) is 77.9 Å². The summed E-state index contributed by atoms with van der Waals surface area (Å²) in [5, 5.41) is 21.6. The number of pyridine rings is 1. The second-order valence-corrected chi connectivity index (χ2v) is 7.38. The zero-order valence-electron chi connectivity index (χ0n) is 18.2. The molecule has 0 radical (unpaired) electrons. The fraction of sp³-hybridized carbons (Fsp3) is 0.174. The molecule has 0 atom stereocenters. The number of anilines is 3. The third kappa shape index (κ3) is 5.67. The molecule has 0 fully saturated rings. The van der Waals surface area contributed by atoms with E-state index >= 15 is 0 Å². The standard InChI is InChI=1S/C23H23FN8O/c1-15-3-8-20(27-14-15)28-22-10-9-21(29-30-22)25-11-12-26-23(33)19-13-18(31-32(19)2)16-4-6-17(24)7-5-16/h3-10,13-14H,11-12H2,1-2H3,(H,25,29)(H,26,33)(H,27,28,30). The molecule has 0 unspecified atom stereocenters. The largest absolute Gasteiger partial charge is 0.367 e. The van der Waals surface area contributed by atoms with Crippen LogP contribution in [0.3, 0.4) is 0 Å². The second-order valence-electron chi connectivity index (χ2n) is 7.38. The van der Waals surface area contributed by atoms with Gasteiger partial charge >= 0.3 is 0 Å². The fourth-order valence-corrected chi connectivity index (χ4v) is 3.06. The van der Waals surface area contributed by atoms with E-state index < -0.39 is 0 Å². The van der Waals surface area contributed by atoms with Gasteiger partial charge in [0.25, 0.3) is 5.91 Å². The Labute approximate surface area is 190 Å². The zero-order valence-corrected chi connectivity index (χ0v) is 18.2. The number of carbonyl (C=O) groups is 1. The molecule has 3 heterocycles. The van der Waals surface area contributed by atoms with Crippen molar-refractivity contribution in [3.8, 4) is 11.3 Å². The number of rotatable bonds is 8. The first kappa shape index (κ1) is 21.9. The molecule has 10 heteroatoms. The number of hydrogen-bond donors (Lipinski definition) is 3. The van der Waals surface area contributed by atoms with Crippen molar-refractivity contribution in [2.45, 2.75) is 6.92 Å². The van der Waals surface area contributed by atoms with E-state index in [0.717, 1.165) is 11.1 Å². The Hall–Kier alpha value is -4.34. The topological polar surface area (TPSA) is 110 Å². The number of carbonyl (C=O) groups excluding carboxylic acids is 1. The van der Waals surface area contributed by atoms with Crippen LogP contribution in [0.25, 0.3) is 11.3 Å². The SMILES string of the molecule is Cc1ccc(Nc2ccc(NCCNC(=O)c3cc(-c4ccc(F)cc4)nn3C)nn2)nc1. The van der Waals surface area contributed by atoms with Gasteiger partial charge in [0.05, 0.1) is 5.69 Å². The lowest BCUT2D eigenvalue weighted by Gasteiger charge is -2.08. The number of halogens is 1. The van der Waals surface area contributed by atoms with Crippen LogP contribution in [-0.2, 0) is 7.05 Å². The van der Waals surface area contributed by atoms with Crippen molar-refractivity contribution in [3.63, 3.8) is 0 Å². The Balaban J connectivity index is 1.25. The lowest BCUT2D eigenvalue weighted by molar-refractivity contribution is 0.0946. The van der Waals surface area contributed by atoms with E-state index in [2.05, 4.69) is 36.2 Å². The minimum Gasteiger partial charge on any atom is -0.367 e. The smallest absolute Gasteiger partial charge is 0.269 e. The number of benzene rings is 1. The molecule has 0 aliphatic heterocycles. The molecule has 1 aromatic carbocycles. The highest BCUT2D eigenvalue weighted by molar-refractivity contribution is 5.93. The van der Waals surface area contributed by atoms with Crippen molar-refractivity contribution in [2.75, 3.05) is 23.7 Å². The Morgan fingerprint density at radius 1 is 0.970 bits per heavy atom.